The first-order valence-electron chi connectivity index (χ1n) is 9.56. The second-order valence-corrected chi connectivity index (χ2v) is 7.20. The van der Waals surface area contributed by atoms with E-state index in [0.29, 0.717) is 25.6 Å². The maximum Gasteiger partial charge on any atom is 0.234 e. The van der Waals surface area contributed by atoms with E-state index in [0.717, 1.165) is 56.6 Å². The molecular formula is C20H29N3O3. The van der Waals surface area contributed by atoms with E-state index < -0.39 is 0 Å². The molecule has 0 aromatic heterocycles. The Morgan fingerprint density at radius 1 is 1.12 bits per heavy atom. The molecule has 0 atom stereocenters. The van der Waals surface area contributed by atoms with Gasteiger partial charge >= 0.3 is 0 Å². The van der Waals surface area contributed by atoms with E-state index in [1.165, 1.54) is 0 Å². The molecule has 1 aliphatic carbocycles. The van der Waals surface area contributed by atoms with Gasteiger partial charge in [0.15, 0.2) is 0 Å². The predicted molar refractivity (Wildman–Crippen MR) is 100 cm³/mol. The number of carbonyl (C=O) groups excluding carboxylic acids is 2. The van der Waals surface area contributed by atoms with Gasteiger partial charge in [-0.3, -0.25) is 14.5 Å². The van der Waals surface area contributed by atoms with E-state index >= 15 is 0 Å². The Bertz CT molecular complexity index is 613. The zero-order valence-electron chi connectivity index (χ0n) is 15.6. The maximum absolute atomic E-state index is 12.5. The van der Waals surface area contributed by atoms with Gasteiger partial charge < -0.3 is 15.0 Å². The lowest BCUT2D eigenvalue weighted by atomic mass is 10.1. The van der Waals surface area contributed by atoms with Crippen LogP contribution in [0.3, 0.4) is 0 Å². The van der Waals surface area contributed by atoms with Gasteiger partial charge in [0.1, 0.15) is 5.75 Å². The molecule has 142 valence electrons. The summed E-state index contributed by atoms with van der Waals surface area (Å²) in [4.78, 5) is 28.6. The van der Waals surface area contributed by atoms with Crippen LogP contribution in [0.5, 0.6) is 5.75 Å². The summed E-state index contributed by atoms with van der Waals surface area (Å²) in [6.07, 6.45) is 4.41. The quantitative estimate of drug-likeness (QED) is 0.800. The summed E-state index contributed by atoms with van der Waals surface area (Å²) in [5.74, 6) is 1.15. The molecule has 1 aromatic carbocycles. The van der Waals surface area contributed by atoms with Gasteiger partial charge in [-0.1, -0.05) is 12.1 Å². The lowest BCUT2D eigenvalue weighted by Gasteiger charge is -2.22. The summed E-state index contributed by atoms with van der Waals surface area (Å²) in [7, 11) is 1.65. The zero-order chi connectivity index (χ0) is 18.4. The molecule has 1 saturated heterocycles. The van der Waals surface area contributed by atoms with Crippen molar-refractivity contribution < 1.29 is 14.3 Å². The van der Waals surface area contributed by atoms with Crippen LogP contribution in [0.4, 0.5) is 0 Å². The van der Waals surface area contributed by atoms with E-state index in [1.807, 2.05) is 29.2 Å². The summed E-state index contributed by atoms with van der Waals surface area (Å²) in [5.41, 5.74) is 1.15. The predicted octanol–water partition coefficient (Wildman–Crippen LogP) is 1.44. The van der Waals surface area contributed by atoms with Crippen molar-refractivity contribution in [3.8, 4) is 5.75 Å². The van der Waals surface area contributed by atoms with Crippen molar-refractivity contribution in [3.05, 3.63) is 29.8 Å². The first-order chi connectivity index (χ1) is 12.6. The Labute approximate surface area is 155 Å². The van der Waals surface area contributed by atoms with Gasteiger partial charge in [0.05, 0.1) is 13.7 Å². The molecule has 0 spiro atoms. The first kappa shape index (κ1) is 18.7. The number of hydrogen-bond acceptors (Lipinski definition) is 4. The molecule has 0 unspecified atom stereocenters. The molecule has 6 heteroatoms. The average Bonchev–Trinajstić information content (AvgIpc) is 3.47. The lowest BCUT2D eigenvalue weighted by Crippen LogP contribution is -2.40. The molecule has 0 radical (unpaired) electrons. The highest BCUT2D eigenvalue weighted by molar-refractivity contribution is 5.79. The minimum atomic E-state index is 0.117. The third-order valence-corrected chi connectivity index (χ3v) is 5.04. The van der Waals surface area contributed by atoms with Crippen LogP contribution < -0.4 is 10.1 Å². The Hall–Kier alpha value is -2.08. The molecular weight excluding hydrogens is 330 g/mol. The number of amides is 2. The molecule has 1 saturated carbocycles. The van der Waals surface area contributed by atoms with Gasteiger partial charge in [0, 0.05) is 38.6 Å². The van der Waals surface area contributed by atoms with Crippen LogP contribution >= 0.6 is 0 Å². The van der Waals surface area contributed by atoms with E-state index in [9.17, 15) is 9.59 Å². The van der Waals surface area contributed by atoms with Crippen LogP contribution in [0.25, 0.3) is 0 Å². The second-order valence-electron chi connectivity index (χ2n) is 7.20. The Balaban J connectivity index is 1.40. The van der Waals surface area contributed by atoms with Crippen LogP contribution in [0.1, 0.15) is 31.2 Å². The fourth-order valence-corrected chi connectivity index (χ4v) is 3.28. The van der Waals surface area contributed by atoms with Crippen molar-refractivity contribution in [2.24, 2.45) is 0 Å². The molecule has 2 amide bonds. The van der Waals surface area contributed by atoms with E-state index in [2.05, 4.69) is 10.2 Å². The van der Waals surface area contributed by atoms with Crippen molar-refractivity contribution in [3.63, 3.8) is 0 Å². The number of carbonyl (C=O) groups is 2. The van der Waals surface area contributed by atoms with Gasteiger partial charge in [0.2, 0.25) is 11.8 Å². The van der Waals surface area contributed by atoms with Crippen molar-refractivity contribution >= 4 is 11.8 Å². The topological polar surface area (TPSA) is 61.9 Å². The normalized spacial score (nSPS) is 18.3. The summed E-state index contributed by atoms with van der Waals surface area (Å²) in [6.45, 7) is 3.58. The highest BCUT2D eigenvalue weighted by Crippen LogP contribution is 2.18. The monoisotopic (exact) mass is 359 g/mol. The molecule has 2 fully saturated rings. The van der Waals surface area contributed by atoms with Gasteiger partial charge in [-0.05, 0) is 43.4 Å². The van der Waals surface area contributed by atoms with Gasteiger partial charge in [-0.2, -0.15) is 0 Å². The van der Waals surface area contributed by atoms with Crippen molar-refractivity contribution in [2.45, 2.75) is 38.1 Å². The number of hydrogen-bond donors (Lipinski definition) is 1. The molecule has 26 heavy (non-hydrogen) atoms. The molecule has 3 rings (SSSR count). The van der Waals surface area contributed by atoms with Crippen molar-refractivity contribution in [2.75, 3.05) is 39.8 Å². The zero-order valence-corrected chi connectivity index (χ0v) is 15.6. The summed E-state index contributed by atoms with van der Waals surface area (Å²) in [6, 6.07) is 8.28. The molecule has 1 aromatic rings. The van der Waals surface area contributed by atoms with E-state index in [4.69, 9.17) is 4.74 Å². The van der Waals surface area contributed by atoms with Crippen molar-refractivity contribution in [1.82, 2.24) is 15.1 Å². The Morgan fingerprint density at radius 3 is 2.58 bits per heavy atom. The molecule has 0 bridgehead atoms. The van der Waals surface area contributed by atoms with Crippen LogP contribution in [0.15, 0.2) is 24.3 Å². The van der Waals surface area contributed by atoms with Gasteiger partial charge in [-0.25, -0.2) is 0 Å². The summed E-state index contributed by atoms with van der Waals surface area (Å²) in [5, 5.41) is 3.03. The number of rotatable bonds is 7. The first-order valence-corrected chi connectivity index (χ1v) is 9.56. The fourth-order valence-electron chi connectivity index (χ4n) is 3.28. The fraction of sp³-hybridized carbons (Fsp3) is 0.600. The number of nitrogens with one attached hydrogen (secondary N) is 1. The average molecular weight is 359 g/mol. The minimum Gasteiger partial charge on any atom is -0.497 e. The number of nitrogens with zero attached hydrogens (tertiary/aromatic N) is 2. The summed E-state index contributed by atoms with van der Waals surface area (Å²) < 4.78 is 5.16. The number of methoxy groups -OCH3 is 1. The molecule has 1 N–H and O–H groups in total. The van der Waals surface area contributed by atoms with Gasteiger partial charge in [0.25, 0.3) is 0 Å². The third-order valence-electron chi connectivity index (χ3n) is 5.04. The minimum absolute atomic E-state index is 0.117. The van der Waals surface area contributed by atoms with Crippen molar-refractivity contribution in [1.29, 1.82) is 0 Å². The summed E-state index contributed by atoms with van der Waals surface area (Å²) >= 11 is 0. The van der Waals surface area contributed by atoms with E-state index in [1.54, 1.807) is 7.11 Å². The van der Waals surface area contributed by atoms with E-state index in [-0.39, 0.29) is 11.8 Å². The third kappa shape index (κ3) is 5.73. The van der Waals surface area contributed by atoms with Gasteiger partial charge in [-0.15, -0.1) is 0 Å². The molecule has 1 heterocycles. The largest absolute Gasteiger partial charge is 0.497 e. The molecule has 1 aliphatic heterocycles. The lowest BCUT2D eigenvalue weighted by molar-refractivity contribution is -0.131. The molecule has 2 aliphatic rings. The Kier molecular flexibility index (Phi) is 6.50. The number of aryl methyl sites for hydroxylation is 1. The molecule has 6 nitrogen and oxygen atoms in total. The van der Waals surface area contributed by atoms with Crippen LogP contribution in [-0.2, 0) is 16.0 Å². The number of ether oxygens (including phenoxy) is 1. The highest BCUT2D eigenvalue weighted by Gasteiger charge is 2.25. The van der Waals surface area contributed by atoms with Crippen LogP contribution in [-0.4, -0.2) is 67.5 Å². The maximum atomic E-state index is 12.5. The standard InChI is InChI=1S/C20H29N3O3/c1-26-18-8-3-16(4-9-18)5-10-20(25)23-12-2-11-22(13-14-23)15-19(24)21-17-6-7-17/h3-4,8-9,17H,2,5-7,10-15H2,1H3,(H,21,24). The smallest absolute Gasteiger partial charge is 0.234 e. The number of benzene rings is 1. The Morgan fingerprint density at radius 2 is 1.88 bits per heavy atom. The SMILES string of the molecule is COc1ccc(CCC(=O)N2CCCN(CC(=O)NC3CC3)CC2)cc1. The van der Waals surface area contributed by atoms with Crippen LogP contribution in [0.2, 0.25) is 0 Å². The van der Waals surface area contributed by atoms with Crippen LogP contribution in [0, 0.1) is 0 Å². The second kappa shape index (κ2) is 9.03. The highest BCUT2D eigenvalue weighted by atomic mass is 16.5.